The number of benzene rings is 3. The number of amides is 5. The lowest BCUT2D eigenvalue weighted by Gasteiger charge is -2.28. The van der Waals surface area contributed by atoms with E-state index in [-0.39, 0.29) is 5.91 Å². The standard InChI is InChI=1S/C25H22N4O4/c1-26-22(31)17-12-14-20(15-13-17)27-21(30)16-29-23(32)25(28-24(29)33,18-8-4-2-5-9-18)19-10-6-3-7-11-19/h2-15H,16H2,1H3,(H,26,31)(H,27,30)(H,28,33). The molecule has 0 radical (unpaired) electrons. The van der Waals surface area contributed by atoms with Crippen LogP contribution in [0.1, 0.15) is 21.5 Å². The van der Waals surface area contributed by atoms with E-state index in [1.54, 1.807) is 72.8 Å². The largest absolute Gasteiger partial charge is 0.355 e. The second-order valence-corrected chi connectivity index (χ2v) is 7.51. The second-order valence-electron chi connectivity index (χ2n) is 7.51. The van der Waals surface area contributed by atoms with Crippen molar-refractivity contribution < 1.29 is 19.2 Å². The van der Waals surface area contributed by atoms with Crippen molar-refractivity contribution in [1.29, 1.82) is 0 Å². The Labute approximate surface area is 190 Å². The maximum absolute atomic E-state index is 13.6. The van der Waals surface area contributed by atoms with Gasteiger partial charge in [-0.05, 0) is 35.4 Å². The molecule has 0 unspecified atom stereocenters. The summed E-state index contributed by atoms with van der Waals surface area (Å²) in [6.45, 7) is -0.455. The van der Waals surface area contributed by atoms with Gasteiger partial charge in [0.1, 0.15) is 6.54 Å². The maximum atomic E-state index is 13.6. The number of hydrogen-bond acceptors (Lipinski definition) is 4. The van der Waals surface area contributed by atoms with E-state index in [1.165, 1.54) is 7.05 Å². The van der Waals surface area contributed by atoms with Gasteiger partial charge in [0.05, 0.1) is 0 Å². The number of carbonyl (C=O) groups is 4. The maximum Gasteiger partial charge on any atom is 0.326 e. The summed E-state index contributed by atoms with van der Waals surface area (Å²) in [4.78, 5) is 51.7. The van der Waals surface area contributed by atoms with Crippen molar-refractivity contribution in [1.82, 2.24) is 15.5 Å². The van der Waals surface area contributed by atoms with Crippen molar-refractivity contribution in [3.63, 3.8) is 0 Å². The molecule has 0 aliphatic carbocycles. The van der Waals surface area contributed by atoms with Gasteiger partial charge in [-0.15, -0.1) is 0 Å². The number of nitrogens with zero attached hydrogens (tertiary/aromatic N) is 1. The third-order valence-electron chi connectivity index (χ3n) is 5.48. The predicted octanol–water partition coefficient (Wildman–Crippen LogP) is 2.48. The van der Waals surface area contributed by atoms with E-state index in [9.17, 15) is 19.2 Å². The second kappa shape index (κ2) is 8.96. The van der Waals surface area contributed by atoms with Gasteiger partial charge in [-0.3, -0.25) is 19.3 Å². The molecule has 5 amide bonds. The Balaban J connectivity index is 1.57. The van der Waals surface area contributed by atoms with Gasteiger partial charge < -0.3 is 16.0 Å². The van der Waals surface area contributed by atoms with Gasteiger partial charge in [-0.25, -0.2) is 4.79 Å². The molecule has 33 heavy (non-hydrogen) atoms. The molecule has 3 aromatic carbocycles. The topological polar surface area (TPSA) is 108 Å². The lowest BCUT2D eigenvalue weighted by molar-refractivity contribution is -0.133. The SMILES string of the molecule is CNC(=O)c1ccc(NC(=O)CN2C(=O)NC(c3ccccc3)(c3ccccc3)C2=O)cc1. The summed E-state index contributed by atoms with van der Waals surface area (Å²) in [5.74, 6) is -1.32. The highest BCUT2D eigenvalue weighted by Gasteiger charge is 2.54. The first-order chi connectivity index (χ1) is 16.0. The number of urea groups is 1. The van der Waals surface area contributed by atoms with Gasteiger partial charge in [0.2, 0.25) is 5.91 Å². The molecule has 1 saturated heterocycles. The van der Waals surface area contributed by atoms with Crippen LogP contribution in [-0.4, -0.2) is 42.2 Å². The molecule has 0 spiro atoms. The molecule has 3 aromatic rings. The van der Waals surface area contributed by atoms with Gasteiger partial charge >= 0.3 is 6.03 Å². The van der Waals surface area contributed by atoms with Crippen LogP contribution in [0.25, 0.3) is 0 Å². The van der Waals surface area contributed by atoms with E-state index < -0.39 is 29.9 Å². The molecule has 0 atom stereocenters. The van der Waals surface area contributed by atoms with E-state index in [0.717, 1.165) is 4.90 Å². The van der Waals surface area contributed by atoms with Gasteiger partial charge in [0.15, 0.2) is 5.54 Å². The van der Waals surface area contributed by atoms with Crippen molar-refractivity contribution in [3.8, 4) is 0 Å². The van der Waals surface area contributed by atoms with Crippen LogP contribution in [0.15, 0.2) is 84.9 Å². The van der Waals surface area contributed by atoms with Crippen molar-refractivity contribution in [2.75, 3.05) is 18.9 Å². The minimum Gasteiger partial charge on any atom is -0.355 e. The van der Waals surface area contributed by atoms with Crippen molar-refractivity contribution in [2.24, 2.45) is 0 Å². The fourth-order valence-electron chi connectivity index (χ4n) is 3.85. The molecule has 1 aliphatic rings. The van der Waals surface area contributed by atoms with Crippen LogP contribution in [0.2, 0.25) is 0 Å². The molecular formula is C25H22N4O4. The predicted molar refractivity (Wildman–Crippen MR) is 122 cm³/mol. The minimum atomic E-state index is -1.42. The van der Waals surface area contributed by atoms with E-state index in [0.29, 0.717) is 22.4 Å². The molecule has 0 bridgehead atoms. The summed E-state index contributed by atoms with van der Waals surface area (Å²) in [7, 11) is 1.53. The fraction of sp³-hybridized carbons (Fsp3) is 0.120. The third kappa shape index (κ3) is 4.06. The Kier molecular flexibility index (Phi) is 5.91. The summed E-state index contributed by atoms with van der Waals surface area (Å²) >= 11 is 0. The summed E-state index contributed by atoms with van der Waals surface area (Å²) < 4.78 is 0. The Bertz CT molecular complexity index is 1150. The number of rotatable bonds is 6. The van der Waals surface area contributed by atoms with Crippen LogP contribution in [0.4, 0.5) is 10.5 Å². The Morgan fingerprint density at radius 1 is 0.848 bits per heavy atom. The first kappa shape index (κ1) is 21.8. The summed E-state index contributed by atoms with van der Waals surface area (Å²) in [5.41, 5.74) is 0.663. The third-order valence-corrected chi connectivity index (χ3v) is 5.48. The lowest BCUT2D eigenvalue weighted by atomic mass is 9.82. The molecular weight excluding hydrogens is 420 g/mol. The number of nitrogens with one attached hydrogen (secondary N) is 3. The smallest absolute Gasteiger partial charge is 0.326 e. The fourth-order valence-corrected chi connectivity index (χ4v) is 3.85. The van der Waals surface area contributed by atoms with Crippen LogP contribution < -0.4 is 16.0 Å². The number of imide groups is 1. The molecule has 1 heterocycles. The quantitative estimate of drug-likeness (QED) is 0.510. The zero-order valence-corrected chi connectivity index (χ0v) is 17.9. The van der Waals surface area contributed by atoms with Crippen molar-refractivity contribution in [3.05, 3.63) is 102 Å². The molecule has 0 aromatic heterocycles. The van der Waals surface area contributed by atoms with E-state index in [4.69, 9.17) is 0 Å². The molecule has 166 valence electrons. The normalized spacial score (nSPS) is 14.5. The molecule has 3 N–H and O–H groups in total. The lowest BCUT2D eigenvalue weighted by Crippen LogP contribution is -2.45. The van der Waals surface area contributed by atoms with E-state index >= 15 is 0 Å². The molecule has 8 heteroatoms. The van der Waals surface area contributed by atoms with Gasteiger partial charge in [-0.1, -0.05) is 60.7 Å². The Morgan fingerprint density at radius 2 is 1.39 bits per heavy atom. The highest BCUT2D eigenvalue weighted by molar-refractivity contribution is 6.12. The first-order valence-electron chi connectivity index (χ1n) is 10.3. The Morgan fingerprint density at radius 3 is 1.91 bits per heavy atom. The average Bonchev–Trinajstić information content (AvgIpc) is 3.10. The van der Waals surface area contributed by atoms with Gasteiger partial charge in [0.25, 0.3) is 11.8 Å². The van der Waals surface area contributed by atoms with Crippen LogP contribution >= 0.6 is 0 Å². The average molecular weight is 442 g/mol. The zero-order chi connectivity index (χ0) is 23.4. The van der Waals surface area contributed by atoms with E-state index in [2.05, 4.69) is 16.0 Å². The number of anilines is 1. The molecule has 4 rings (SSSR count). The number of hydrogen-bond donors (Lipinski definition) is 3. The van der Waals surface area contributed by atoms with Crippen LogP contribution in [-0.2, 0) is 15.1 Å². The summed E-state index contributed by atoms with van der Waals surface area (Å²) in [6, 6.07) is 23.5. The minimum absolute atomic E-state index is 0.245. The monoisotopic (exact) mass is 442 g/mol. The van der Waals surface area contributed by atoms with Crippen LogP contribution in [0.5, 0.6) is 0 Å². The Hall–Kier alpha value is -4.46. The highest BCUT2D eigenvalue weighted by Crippen LogP contribution is 2.35. The van der Waals surface area contributed by atoms with Crippen molar-refractivity contribution >= 4 is 29.4 Å². The molecule has 1 fully saturated rings. The molecule has 0 saturated carbocycles. The van der Waals surface area contributed by atoms with Gasteiger partial charge in [-0.2, -0.15) is 0 Å². The zero-order valence-electron chi connectivity index (χ0n) is 17.9. The van der Waals surface area contributed by atoms with E-state index in [1.807, 2.05) is 12.1 Å². The number of carbonyl (C=O) groups excluding carboxylic acids is 4. The molecule has 8 nitrogen and oxygen atoms in total. The van der Waals surface area contributed by atoms with Crippen LogP contribution in [0.3, 0.4) is 0 Å². The highest BCUT2D eigenvalue weighted by atomic mass is 16.2. The van der Waals surface area contributed by atoms with Gasteiger partial charge in [0, 0.05) is 18.3 Å². The van der Waals surface area contributed by atoms with Crippen LogP contribution in [0, 0.1) is 0 Å². The molecule has 1 aliphatic heterocycles. The summed E-state index contributed by atoms with van der Waals surface area (Å²) in [5, 5.41) is 7.98. The summed E-state index contributed by atoms with van der Waals surface area (Å²) in [6.07, 6.45) is 0. The first-order valence-corrected chi connectivity index (χ1v) is 10.3. The van der Waals surface area contributed by atoms with Crippen molar-refractivity contribution in [2.45, 2.75) is 5.54 Å².